The minimum absolute atomic E-state index is 0.214. The van der Waals surface area contributed by atoms with Crippen molar-refractivity contribution in [2.24, 2.45) is 0 Å². The van der Waals surface area contributed by atoms with Crippen LogP contribution in [0.5, 0.6) is 11.5 Å². The van der Waals surface area contributed by atoms with Crippen LogP contribution in [0.2, 0.25) is 0 Å². The minimum atomic E-state index is -0.441. The number of amides is 1. The van der Waals surface area contributed by atoms with Crippen molar-refractivity contribution in [3.05, 3.63) is 94.1 Å². The van der Waals surface area contributed by atoms with Gasteiger partial charge in [0.05, 0.1) is 29.3 Å². The number of hydrogen-bond acceptors (Lipinski definition) is 6. The highest BCUT2D eigenvalue weighted by atomic mass is 32.2. The molecule has 0 aromatic heterocycles. The number of benzene rings is 3. The Balaban J connectivity index is 1.55. The van der Waals surface area contributed by atoms with Gasteiger partial charge in [-0.3, -0.25) is 9.69 Å². The highest BCUT2D eigenvalue weighted by Crippen LogP contribution is 2.37. The Bertz CT molecular complexity index is 1320. The summed E-state index contributed by atoms with van der Waals surface area (Å²) >= 11 is 6.49. The van der Waals surface area contributed by atoms with Crippen molar-refractivity contribution in [3.63, 3.8) is 0 Å². The number of halogens is 1. The predicted octanol–water partition coefficient (Wildman–Crippen LogP) is 5.69. The monoisotopic (exact) mass is 476 g/mol. The molecule has 1 aliphatic rings. The molecule has 164 valence electrons. The van der Waals surface area contributed by atoms with Gasteiger partial charge in [0, 0.05) is 5.56 Å². The van der Waals surface area contributed by atoms with Crippen LogP contribution in [0.15, 0.2) is 71.6 Å². The Morgan fingerprint density at radius 2 is 1.94 bits per heavy atom. The van der Waals surface area contributed by atoms with E-state index >= 15 is 0 Å². The van der Waals surface area contributed by atoms with Crippen molar-refractivity contribution in [1.82, 2.24) is 0 Å². The maximum Gasteiger partial charge on any atom is 0.270 e. The van der Waals surface area contributed by atoms with Crippen LogP contribution < -0.4 is 14.4 Å². The third-order valence-corrected chi connectivity index (χ3v) is 6.17. The van der Waals surface area contributed by atoms with E-state index in [1.165, 1.54) is 30.2 Å². The van der Waals surface area contributed by atoms with Gasteiger partial charge in [0.1, 0.15) is 12.4 Å². The molecule has 1 aliphatic heterocycles. The van der Waals surface area contributed by atoms with Gasteiger partial charge >= 0.3 is 0 Å². The van der Waals surface area contributed by atoms with Crippen molar-refractivity contribution in [3.8, 4) is 17.6 Å². The second kappa shape index (κ2) is 9.86. The summed E-state index contributed by atoms with van der Waals surface area (Å²) in [6.07, 6.45) is 1.70. The van der Waals surface area contributed by atoms with Crippen LogP contribution in [0.3, 0.4) is 0 Å². The number of hydrogen-bond donors (Lipinski definition) is 0. The number of thioether (sulfide) groups is 1. The van der Waals surface area contributed by atoms with Crippen LogP contribution in [-0.2, 0) is 11.4 Å². The van der Waals surface area contributed by atoms with Crippen molar-refractivity contribution in [2.75, 3.05) is 12.0 Å². The summed E-state index contributed by atoms with van der Waals surface area (Å²) < 4.78 is 25.3. The van der Waals surface area contributed by atoms with E-state index in [1.54, 1.807) is 42.5 Å². The number of carbonyl (C=O) groups is 1. The Hall–Kier alpha value is -3.67. The third-order valence-electron chi connectivity index (χ3n) is 4.87. The molecular weight excluding hydrogens is 459 g/mol. The van der Waals surface area contributed by atoms with Gasteiger partial charge in [-0.15, -0.1) is 0 Å². The van der Waals surface area contributed by atoms with E-state index in [0.29, 0.717) is 32.0 Å². The molecule has 1 saturated heterocycles. The van der Waals surface area contributed by atoms with Crippen molar-refractivity contribution in [1.29, 1.82) is 5.26 Å². The van der Waals surface area contributed by atoms with Crippen LogP contribution in [0.1, 0.15) is 16.7 Å². The Kier molecular flexibility index (Phi) is 6.73. The number of carbonyl (C=O) groups excluding carboxylic acids is 1. The van der Waals surface area contributed by atoms with E-state index in [2.05, 4.69) is 6.07 Å². The molecule has 3 aromatic rings. The van der Waals surface area contributed by atoms with Gasteiger partial charge in [-0.2, -0.15) is 5.26 Å². The van der Waals surface area contributed by atoms with Gasteiger partial charge in [0.25, 0.3) is 5.91 Å². The lowest BCUT2D eigenvalue weighted by molar-refractivity contribution is -0.113. The van der Waals surface area contributed by atoms with Crippen molar-refractivity contribution < 1.29 is 18.7 Å². The van der Waals surface area contributed by atoms with E-state index in [1.807, 2.05) is 12.1 Å². The molecule has 0 radical (unpaired) electrons. The zero-order valence-electron chi connectivity index (χ0n) is 17.4. The highest BCUT2D eigenvalue weighted by molar-refractivity contribution is 8.27. The quantitative estimate of drug-likeness (QED) is 0.336. The number of ether oxygens (including phenoxy) is 2. The number of rotatable bonds is 6. The summed E-state index contributed by atoms with van der Waals surface area (Å²) in [7, 11) is 1.53. The zero-order chi connectivity index (χ0) is 23.4. The number of anilines is 1. The Morgan fingerprint density at radius 1 is 1.12 bits per heavy atom. The SMILES string of the molecule is COc1cc(/C=C2/SC(=S)N(c3cccc(F)c3)C2=O)ccc1OCc1ccccc1C#N. The van der Waals surface area contributed by atoms with E-state index in [4.69, 9.17) is 21.7 Å². The van der Waals surface area contributed by atoms with Crippen LogP contribution in [0.4, 0.5) is 10.1 Å². The summed E-state index contributed by atoms with van der Waals surface area (Å²) in [5, 5.41) is 9.24. The fourth-order valence-electron chi connectivity index (χ4n) is 3.26. The molecule has 1 fully saturated rings. The van der Waals surface area contributed by atoms with Crippen LogP contribution in [0.25, 0.3) is 6.08 Å². The number of nitriles is 1. The first-order chi connectivity index (χ1) is 16.0. The molecule has 4 rings (SSSR count). The largest absolute Gasteiger partial charge is 0.493 e. The van der Waals surface area contributed by atoms with Gasteiger partial charge in [-0.05, 0) is 48.0 Å². The summed E-state index contributed by atoms with van der Waals surface area (Å²) in [5.41, 5.74) is 2.43. The third kappa shape index (κ3) is 4.90. The van der Waals surface area contributed by atoms with Gasteiger partial charge in [0.15, 0.2) is 15.8 Å². The Labute approximate surface area is 200 Å². The topological polar surface area (TPSA) is 62.6 Å². The van der Waals surface area contributed by atoms with E-state index in [-0.39, 0.29) is 12.5 Å². The number of methoxy groups -OCH3 is 1. The molecule has 8 heteroatoms. The molecule has 1 heterocycles. The smallest absolute Gasteiger partial charge is 0.270 e. The second-order valence-corrected chi connectivity index (χ2v) is 8.64. The molecule has 0 bridgehead atoms. The molecular formula is C25H17FN2O3S2. The fourth-order valence-corrected chi connectivity index (χ4v) is 4.56. The van der Waals surface area contributed by atoms with E-state index < -0.39 is 5.82 Å². The summed E-state index contributed by atoms with van der Waals surface area (Å²) in [5.74, 6) is 0.236. The van der Waals surface area contributed by atoms with Gasteiger partial charge in [-0.1, -0.05) is 54.3 Å². The first-order valence-electron chi connectivity index (χ1n) is 9.82. The van der Waals surface area contributed by atoms with E-state index in [9.17, 15) is 14.4 Å². The van der Waals surface area contributed by atoms with Gasteiger partial charge in [0.2, 0.25) is 0 Å². The summed E-state index contributed by atoms with van der Waals surface area (Å²) in [6.45, 7) is 0.214. The highest BCUT2D eigenvalue weighted by Gasteiger charge is 2.33. The minimum Gasteiger partial charge on any atom is -0.493 e. The second-order valence-electron chi connectivity index (χ2n) is 6.96. The van der Waals surface area contributed by atoms with Crippen LogP contribution in [-0.4, -0.2) is 17.3 Å². The molecule has 0 atom stereocenters. The first kappa shape index (κ1) is 22.5. The average molecular weight is 477 g/mol. The van der Waals surface area contributed by atoms with Crippen molar-refractivity contribution >= 4 is 46.0 Å². The molecule has 0 aliphatic carbocycles. The van der Waals surface area contributed by atoms with Crippen molar-refractivity contribution in [2.45, 2.75) is 6.61 Å². The molecule has 0 unspecified atom stereocenters. The molecule has 0 N–H and O–H groups in total. The standard InChI is InChI=1S/C25H17FN2O3S2/c1-30-22-11-16(9-10-21(22)31-15-18-6-3-2-5-17(18)14-27)12-23-24(29)28(25(32)33-23)20-8-4-7-19(26)13-20/h2-13H,15H2,1H3/b23-12+. The molecule has 0 spiro atoms. The predicted molar refractivity (Wildman–Crippen MR) is 131 cm³/mol. The maximum absolute atomic E-state index is 13.6. The lowest BCUT2D eigenvalue weighted by atomic mass is 10.1. The zero-order valence-corrected chi connectivity index (χ0v) is 19.1. The van der Waals surface area contributed by atoms with Gasteiger partial charge in [-0.25, -0.2) is 4.39 Å². The normalized spacial score (nSPS) is 14.5. The first-order valence-corrected chi connectivity index (χ1v) is 11.0. The molecule has 3 aromatic carbocycles. The molecule has 5 nitrogen and oxygen atoms in total. The number of thiocarbonyl (C=S) groups is 1. The lowest BCUT2D eigenvalue weighted by Crippen LogP contribution is -2.27. The fraction of sp³-hybridized carbons (Fsp3) is 0.0800. The average Bonchev–Trinajstić information content (AvgIpc) is 3.10. The molecule has 33 heavy (non-hydrogen) atoms. The lowest BCUT2D eigenvalue weighted by Gasteiger charge is -2.14. The van der Waals surface area contributed by atoms with Crippen LogP contribution in [0, 0.1) is 17.1 Å². The summed E-state index contributed by atoms with van der Waals surface area (Å²) in [4.78, 5) is 14.7. The summed E-state index contributed by atoms with van der Waals surface area (Å²) in [6, 6.07) is 20.4. The molecule has 0 saturated carbocycles. The van der Waals surface area contributed by atoms with E-state index in [0.717, 1.165) is 22.9 Å². The number of nitrogens with zero attached hydrogens (tertiary/aromatic N) is 2. The molecule has 1 amide bonds. The van der Waals surface area contributed by atoms with Crippen LogP contribution >= 0.6 is 24.0 Å². The Morgan fingerprint density at radius 3 is 2.70 bits per heavy atom. The van der Waals surface area contributed by atoms with Gasteiger partial charge < -0.3 is 9.47 Å². The maximum atomic E-state index is 13.6.